The Bertz CT molecular complexity index is 230. The van der Waals surface area contributed by atoms with Crippen molar-refractivity contribution in [2.75, 3.05) is 0 Å². The fourth-order valence-electron chi connectivity index (χ4n) is 1.22. The number of rotatable bonds is 4. The van der Waals surface area contributed by atoms with Crippen molar-refractivity contribution >= 4 is 5.97 Å². The van der Waals surface area contributed by atoms with Crippen molar-refractivity contribution in [3.8, 4) is 6.07 Å². The lowest BCUT2D eigenvalue weighted by Crippen LogP contribution is -2.38. The van der Waals surface area contributed by atoms with Crippen molar-refractivity contribution in [1.29, 1.82) is 5.26 Å². The molecular formula is C9H16N2O2. The standard InChI is InChI=1S/C9H16N2O2/c1-6(7(11)8(12)13)4-9(2,3)5-10/h6-7H,4,11H2,1-3H3,(H,12,13)/t6?,7-/m0/s1. The summed E-state index contributed by atoms with van der Waals surface area (Å²) in [6, 6.07) is 1.24. The summed E-state index contributed by atoms with van der Waals surface area (Å²) in [4.78, 5) is 10.5. The summed E-state index contributed by atoms with van der Waals surface area (Å²) in [6.07, 6.45) is 0.497. The van der Waals surface area contributed by atoms with Gasteiger partial charge in [0.25, 0.3) is 0 Å². The van der Waals surface area contributed by atoms with Gasteiger partial charge in [0, 0.05) is 0 Å². The smallest absolute Gasteiger partial charge is 0.320 e. The molecule has 74 valence electrons. The lowest BCUT2D eigenvalue weighted by atomic mass is 9.82. The topological polar surface area (TPSA) is 87.1 Å². The van der Waals surface area contributed by atoms with E-state index in [9.17, 15) is 4.79 Å². The second kappa shape index (κ2) is 4.24. The molecule has 0 heterocycles. The maximum absolute atomic E-state index is 10.5. The zero-order chi connectivity index (χ0) is 10.6. The molecule has 2 atom stereocenters. The molecule has 0 bridgehead atoms. The average Bonchev–Trinajstić information content (AvgIpc) is 2.02. The minimum atomic E-state index is -1.01. The summed E-state index contributed by atoms with van der Waals surface area (Å²) in [6.45, 7) is 5.30. The normalized spacial score (nSPS) is 15.9. The van der Waals surface area contributed by atoms with E-state index in [0.29, 0.717) is 6.42 Å². The number of hydrogen-bond acceptors (Lipinski definition) is 3. The van der Waals surface area contributed by atoms with Crippen LogP contribution < -0.4 is 5.73 Å². The molecule has 3 N–H and O–H groups in total. The van der Waals surface area contributed by atoms with Gasteiger partial charge in [-0.25, -0.2) is 0 Å². The third kappa shape index (κ3) is 3.90. The first-order chi connectivity index (χ1) is 5.80. The number of carboxylic acid groups (broad SMARTS) is 1. The van der Waals surface area contributed by atoms with Crippen LogP contribution in [0.1, 0.15) is 27.2 Å². The molecule has 0 aliphatic carbocycles. The summed E-state index contributed by atoms with van der Waals surface area (Å²) in [5.74, 6) is -1.20. The van der Waals surface area contributed by atoms with Gasteiger partial charge < -0.3 is 10.8 Å². The highest BCUT2D eigenvalue weighted by Gasteiger charge is 2.27. The second-order valence-corrected chi connectivity index (χ2v) is 4.04. The fraction of sp³-hybridized carbons (Fsp3) is 0.778. The van der Waals surface area contributed by atoms with E-state index < -0.39 is 17.4 Å². The molecule has 0 saturated carbocycles. The van der Waals surface area contributed by atoms with Crippen molar-refractivity contribution in [1.82, 2.24) is 0 Å². The van der Waals surface area contributed by atoms with Crippen LogP contribution in [-0.4, -0.2) is 17.1 Å². The van der Waals surface area contributed by atoms with Gasteiger partial charge in [0.15, 0.2) is 0 Å². The molecule has 0 aromatic rings. The highest BCUT2D eigenvalue weighted by Crippen LogP contribution is 2.25. The van der Waals surface area contributed by atoms with Crippen molar-refractivity contribution in [2.24, 2.45) is 17.1 Å². The summed E-state index contributed by atoms with van der Waals surface area (Å²) in [5, 5.41) is 17.3. The number of nitrogens with zero attached hydrogens (tertiary/aromatic N) is 1. The predicted molar refractivity (Wildman–Crippen MR) is 48.8 cm³/mol. The molecule has 0 fully saturated rings. The molecule has 0 rings (SSSR count). The van der Waals surface area contributed by atoms with Crippen molar-refractivity contribution in [3.05, 3.63) is 0 Å². The fourth-order valence-corrected chi connectivity index (χ4v) is 1.22. The van der Waals surface area contributed by atoms with Crippen LogP contribution in [0, 0.1) is 22.7 Å². The van der Waals surface area contributed by atoms with Crippen LogP contribution in [-0.2, 0) is 4.79 Å². The number of carbonyl (C=O) groups is 1. The third-order valence-electron chi connectivity index (χ3n) is 2.03. The quantitative estimate of drug-likeness (QED) is 0.681. The van der Waals surface area contributed by atoms with Gasteiger partial charge in [-0.2, -0.15) is 5.26 Å². The number of nitrogens with two attached hydrogens (primary N) is 1. The van der Waals surface area contributed by atoms with E-state index in [-0.39, 0.29) is 5.92 Å². The van der Waals surface area contributed by atoms with Gasteiger partial charge >= 0.3 is 5.97 Å². The first kappa shape index (κ1) is 11.9. The van der Waals surface area contributed by atoms with Gasteiger partial charge in [-0.3, -0.25) is 4.79 Å². The molecule has 0 saturated heterocycles. The van der Waals surface area contributed by atoms with E-state index in [1.54, 1.807) is 20.8 Å². The molecule has 0 aliphatic heterocycles. The van der Waals surface area contributed by atoms with Gasteiger partial charge in [0.2, 0.25) is 0 Å². The van der Waals surface area contributed by atoms with Crippen LogP contribution in [0.25, 0.3) is 0 Å². The molecule has 13 heavy (non-hydrogen) atoms. The number of carboxylic acids is 1. The van der Waals surface area contributed by atoms with Crippen LogP contribution >= 0.6 is 0 Å². The van der Waals surface area contributed by atoms with Gasteiger partial charge in [0.05, 0.1) is 11.5 Å². The highest BCUT2D eigenvalue weighted by molar-refractivity contribution is 5.73. The van der Waals surface area contributed by atoms with Crippen LogP contribution in [0.4, 0.5) is 0 Å². The molecule has 0 aliphatic rings. The largest absolute Gasteiger partial charge is 0.480 e. The maximum atomic E-state index is 10.5. The maximum Gasteiger partial charge on any atom is 0.320 e. The summed E-state index contributed by atoms with van der Waals surface area (Å²) < 4.78 is 0. The van der Waals surface area contributed by atoms with Crippen LogP contribution in [0.3, 0.4) is 0 Å². The Hall–Kier alpha value is -1.08. The Morgan fingerprint density at radius 3 is 2.46 bits per heavy atom. The monoisotopic (exact) mass is 184 g/mol. The Morgan fingerprint density at radius 2 is 2.15 bits per heavy atom. The minimum absolute atomic E-state index is 0.188. The molecule has 4 heteroatoms. The average molecular weight is 184 g/mol. The van der Waals surface area contributed by atoms with Crippen molar-refractivity contribution in [2.45, 2.75) is 33.2 Å². The molecular weight excluding hydrogens is 168 g/mol. The SMILES string of the molecule is CC(CC(C)(C)C#N)[C@H](N)C(=O)O. The number of aliphatic carboxylic acids is 1. The molecule has 0 amide bonds. The zero-order valence-electron chi connectivity index (χ0n) is 8.24. The first-order valence-corrected chi connectivity index (χ1v) is 4.20. The Morgan fingerprint density at radius 1 is 1.69 bits per heavy atom. The highest BCUT2D eigenvalue weighted by atomic mass is 16.4. The summed E-state index contributed by atoms with van der Waals surface area (Å²) in [7, 11) is 0. The van der Waals surface area contributed by atoms with Crippen LogP contribution in [0.5, 0.6) is 0 Å². The van der Waals surface area contributed by atoms with Gasteiger partial charge in [-0.05, 0) is 26.2 Å². The molecule has 0 spiro atoms. The molecule has 0 aromatic heterocycles. The molecule has 0 aromatic carbocycles. The predicted octanol–water partition coefficient (Wildman–Crippen LogP) is 0.974. The number of hydrogen-bond donors (Lipinski definition) is 2. The van der Waals surface area contributed by atoms with Crippen LogP contribution in [0.2, 0.25) is 0 Å². The first-order valence-electron chi connectivity index (χ1n) is 4.20. The van der Waals surface area contributed by atoms with Gasteiger partial charge in [0.1, 0.15) is 6.04 Å². The number of nitriles is 1. The lowest BCUT2D eigenvalue weighted by Gasteiger charge is -2.22. The van der Waals surface area contributed by atoms with Gasteiger partial charge in [-0.1, -0.05) is 6.92 Å². The van der Waals surface area contributed by atoms with E-state index >= 15 is 0 Å². The minimum Gasteiger partial charge on any atom is -0.480 e. The lowest BCUT2D eigenvalue weighted by molar-refractivity contribution is -0.139. The summed E-state index contributed by atoms with van der Waals surface area (Å²) in [5.41, 5.74) is 4.91. The third-order valence-corrected chi connectivity index (χ3v) is 2.03. The van der Waals surface area contributed by atoms with E-state index in [2.05, 4.69) is 6.07 Å². The van der Waals surface area contributed by atoms with E-state index in [1.165, 1.54) is 0 Å². The molecule has 1 unspecified atom stereocenters. The Kier molecular flexibility index (Phi) is 3.89. The van der Waals surface area contributed by atoms with Gasteiger partial charge in [-0.15, -0.1) is 0 Å². The van der Waals surface area contributed by atoms with E-state index in [1.807, 2.05) is 0 Å². The molecule has 0 radical (unpaired) electrons. The van der Waals surface area contributed by atoms with E-state index in [0.717, 1.165) is 0 Å². The summed E-state index contributed by atoms with van der Waals surface area (Å²) >= 11 is 0. The molecule has 4 nitrogen and oxygen atoms in total. The van der Waals surface area contributed by atoms with Crippen molar-refractivity contribution in [3.63, 3.8) is 0 Å². The second-order valence-electron chi connectivity index (χ2n) is 4.04. The van der Waals surface area contributed by atoms with Crippen LogP contribution in [0.15, 0.2) is 0 Å². The van der Waals surface area contributed by atoms with E-state index in [4.69, 9.17) is 16.1 Å². The van der Waals surface area contributed by atoms with Crippen molar-refractivity contribution < 1.29 is 9.90 Å². The Balaban J connectivity index is 4.24. The zero-order valence-corrected chi connectivity index (χ0v) is 8.24. The Labute approximate surface area is 78.3 Å².